The van der Waals surface area contributed by atoms with Crippen molar-refractivity contribution in [2.45, 2.75) is 24.9 Å². The normalized spacial score (nSPS) is 25.5. The second-order valence-corrected chi connectivity index (χ2v) is 7.85. The first kappa shape index (κ1) is 15.6. The van der Waals surface area contributed by atoms with E-state index in [9.17, 15) is 10.1 Å². The van der Waals surface area contributed by atoms with E-state index in [-0.39, 0.29) is 10.8 Å². The van der Waals surface area contributed by atoms with Gasteiger partial charge in [-0.25, -0.2) is 0 Å². The Bertz CT molecular complexity index is 676. The molecule has 0 amide bonds. The second-order valence-electron chi connectivity index (χ2n) is 5.99. The molecule has 116 valence electrons. The van der Waals surface area contributed by atoms with E-state index in [4.69, 9.17) is 0 Å². The topological polar surface area (TPSA) is 46.4 Å². The summed E-state index contributed by atoms with van der Waals surface area (Å²) in [5.74, 6) is -0.0671. The Morgan fingerprint density at radius 1 is 1.45 bits per heavy atom. The first-order chi connectivity index (χ1) is 10.5. The standard InChI is InChI=1S/C16H17BrN2O2S/c1-16(19(20)21)11-18(8-12-5-3-2-4-6-12)9-14(16)15-7-13(17)10-22-15/h2-7,10,14H,8-9,11H2,1H3/t14-,16+/m1/s1. The fraction of sp³-hybridized carbons (Fsp3) is 0.375. The molecule has 0 bridgehead atoms. The lowest BCUT2D eigenvalue weighted by molar-refractivity contribution is -0.564. The van der Waals surface area contributed by atoms with Crippen molar-refractivity contribution in [1.29, 1.82) is 0 Å². The van der Waals surface area contributed by atoms with Gasteiger partial charge < -0.3 is 0 Å². The van der Waals surface area contributed by atoms with Crippen LogP contribution < -0.4 is 0 Å². The summed E-state index contributed by atoms with van der Waals surface area (Å²) in [5.41, 5.74) is 0.264. The van der Waals surface area contributed by atoms with Crippen LogP contribution >= 0.6 is 27.3 Å². The molecule has 22 heavy (non-hydrogen) atoms. The second kappa shape index (κ2) is 6.10. The number of nitro groups is 1. The number of thiophene rings is 1. The maximum atomic E-state index is 11.7. The van der Waals surface area contributed by atoms with Crippen LogP contribution in [0.4, 0.5) is 0 Å². The lowest BCUT2D eigenvalue weighted by Gasteiger charge is -2.20. The Balaban J connectivity index is 1.84. The zero-order chi connectivity index (χ0) is 15.7. The molecule has 0 radical (unpaired) electrons. The molecule has 3 rings (SSSR count). The molecule has 6 heteroatoms. The van der Waals surface area contributed by atoms with E-state index in [1.165, 1.54) is 5.56 Å². The number of hydrogen-bond acceptors (Lipinski definition) is 4. The van der Waals surface area contributed by atoms with Gasteiger partial charge in [0, 0.05) is 39.7 Å². The quantitative estimate of drug-likeness (QED) is 0.591. The third-order valence-electron chi connectivity index (χ3n) is 4.33. The fourth-order valence-electron chi connectivity index (χ4n) is 3.14. The Kier molecular flexibility index (Phi) is 4.34. The maximum absolute atomic E-state index is 11.7. The summed E-state index contributed by atoms with van der Waals surface area (Å²) < 4.78 is 1.000. The zero-order valence-electron chi connectivity index (χ0n) is 12.2. The molecule has 4 nitrogen and oxygen atoms in total. The predicted molar refractivity (Wildman–Crippen MR) is 91.9 cm³/mol. The van der Waals surface area contributed by atoms with Crippen molar-refractivity contribution in [2.75, 3.05) is 13.1 Å². The van der Waals surface area contributed by atoms with Crippen molar-refractivity contribution in [3.63, 3.8) is 0 Å². The van der Waals surface area contributed by atoms with Gasteiger partial charge in [0.05, 0.1) is 12.5 Å². The largest absolute Gasteiger partial charge is 0.291 e. The van der Waals surface area contributed by atoms with Crippen molar-refractivity contribution in [3.8, 4) is 0 Å². The molecule has 1 aliphatic rings. The third kappa shape index (κ3) is 2.95. The number of likely N-dealkylation sites (tertiary alicyclic amines) is 1. The Labute approximate surface area is 142 Å². The van der Waals surface area contributed by atoms with Gasteiger partial charge in [-0.1, -0.05) is 30.3 Å². The van der Waals surface area contributed by atoms with Crippen molar-refractivity contribution < 1.29 is 4.92 Å². The SMILES string of the molecule is C[C@]1([N+](=O)[O-])CN(Cc2ccccc2)C[C@@H]1c1cc(Br)cs1. The van der Waals surface area contributed by atoms with Gasteiger partial charge in [0.2, 0.25) is 5.54 Å². The summed E-state index contributed by atoms with van der Waals surface area (Å²) in [4.78, 5) is 14.9. The summed E-state index contributed by atoms with van der Waals surface area (Å²) >= 11 is 5.05. The van der Waals surface area contributed by atoms with Crippen LogP contribution in [0.2, 0.25) is 0 Å². The lowest BCUT2D eigenvalue weighted by atomic mass is 9.88. The molecular formula is C16H17BrN2O2S. The average molecular weight is 381 g/mol. The average Bonchev–Trinajstić information content (AvgIpc) is 3.04. The molecule has 2 aromatic rings. The number of halogens is 1. The van der Waals surface area contributed by atoms with Gasteiger partial charge in [-0.3, -0.25) is 15.0 Å². The molecule has 2 heterocycles. The summed E-state index contributed by atoms with van der Waals surface area (Å²) in [6.45, 7) is 3.73. The van der Waals surface area contributed by atoms with Crippen LogP contribution in [0, 0.1) is 10.1 Å². The molecule has 0 saturated carbocycles. The van der Waals surface area contributed by atoms with E-state index in [0.29, 0.717) is 6.54 Å². The van der Waals surface area contributed by atoms with Gasteiger partial charge in [-0.15, -0.1) is 11.3 Å². The number of rotatable bonds is 4. The highest BCUT2D eigenvalue weighted by molar-refractivity contribution is 9.10. The van der Waals surface area contributed by atoms with Crippen LogP contribution in [-0.4, -0.2) is 28.5 Å². The zero-order valence-corrected chi connectivity index (χ0v) is 14.6. The Hall–Kier alpha value is -1.24. The molecule has 1 aromatic heterocycles. The third-order valence-corrected chi connectivity index (χ3v) is 6.14. The molecule has 0 aliphatic carbocycles. The summed E-state index contributed by atoms with van der Waals surface area (Å²) in [7, 11) is 0. The van der Waals surface area contributed by atoms with E-state index in [2.05, 4.69) is 33.0 Å². The molecule has 1 fully saturated rings. The highest BCUT2D eigenvalue weighted by atomic mass is 79.9. The van der Waals surface area contributed by atoms with E-state index in [1.54, 1.807) is 18.3 Å². The van der Waals surface area contributed by atoms with E-state index < -0.39 is 5.54 Å². The lowest BCUT2D eigenvalue weighted by Crippen LogP contribution is -2.41. The predicted octanol–water partition coefficient (Wildman–Crippen LogP) is 4.15. The first-order valence-electron chi connectivity index (χ1n) is 7.14. The minimum atomic E-state index is -0.931. The van der Waals surface area contributed by atoms with Crippen LogP contribution in [0.25, 0.3) is 0 Å². The number of hydrogen-bond donors (Lipinski definition) is 0. The van der Waals surface area contributed by atoms with Gasteiger partial charge >= 0.3 is 0 Å². The Morgan fingerprint density at radius 2 is 2.18 bits per heavy atom. The molecule has 1 aliphatic heterocycles. The van der Waals surface area contributed by atoms with E-state index in [0.717, 1.165) is 22.4 Å². The molecule has 0 spiro atoms. The van der Waals surface area contributed by atoms with E-state index in [1.807, 2.05) is 29.6 Å². The summed E-state index contributed by atoms with van der Waals surface area (Å²) in [5, 5.41) is 13.7. The molecule has 0 unspecified atom stereocenters. The molecule has 1 aromatic carbocycles. The van der Waals surface area contributed by atoms with Crippen LogP contribution in [0.15, 0.2) is 46.3 Å². The summed E-state index contributed by atoms with van der Waals surface area (Å²) in [6.07, 6.45) is 0. The number of nitrogens with zero attached hydrogens (tertiary/aromatic N) is 2. The smallest absolute Gasteiger partial charge is 0.240 e. The molecule has 2 atom stereocenters. The van der Waals surface area contributed by atoms with Crippen LogP contribution in [-0.2, 0) is 6.54 Å². The van der Waals surface area contributed by atoms with Crippen LogP contribution in [0.5, 0.6) is 0 Å². The molecule has 1 saturated heterocycles. The minimum Gasteiger partial charge on any atom is -0.291 e. The minimum absolute atomic E-state index is 0.0671. The van der Waals surface area contributed by atoms with Crippen LogP contribution in [0.1, 0.15) is 23.3 Å². The van der Waals surface area contributed by atoms with Crippen molar-refractivity contribution >= 4 is 27.3 Å². The molecule has 0 N–H and O–H groups in total. The van der Waals surface area contributed by atoms with Crippen molar-refractivity contribution in [1.82, 2.24) is 4.90 Å². The van der Waals surface area contributed by atoms with Crippen molar-refractivity contribution in [3.05, 3.63) is 66.8 Å². The Morgan fingerprint density at radius 3 is 2.77 bits per heavy atom. The molecular weight excluding hydrogens is 364 g/mol. The van der Waals surface area contributed by atoms with E-state index >= 15 is 0 Å². The highest BCUT2D eigenvalue weighted by Crippen LogP contribution is 2.41. The van der Waals surface area contributed by atoms with Gasteiger partial charge in [0.15, 0.2) is 0 Å². The first-order valence-corrected chi connectivity index (χ1v) is 8.81. The maximum Gasteiger partial charge on any atom is 0.240 e. The van der Waals surface area contributed by atoms with Gasteiger partial charge in [0.25, 0.3) is 0 Å². The van der Waals surface area contributed by atoms with Gasteiger partial charge in [-0.05, 0) is 27.6 Å². The van der Waals surface area contributed by atoms with Crippen LogP contribution in [0.3, 0.4) is 0 Å². The fourth-order valence-corrected chi connectivity index (χ4v) is 4.82. The summed E-state index contributed by atoms with van der Waals surface area (Å²) in [6, 6.07) is 12.2. The number of benzene rings is 1. The van der Waals surface area contributed by atoms with Gasteiger partial charge in [0.1, 0.15) is 0 Å². The monoisotopic (exact) mass is 380 g/mol. The van der Waals surface area contributed by atoms with Crippen molar-refractivity contribution in [2.24, 2.45) is 0 Å². The van der Waals surface area contributed by atoms with Gasteiger partial charge in [-0.2, -0.15) is 0 Å². The highest BCUT2D eigenvalue weighted by Gasteiger charge is 2.53.